The van der Waals surface area contributed by atoms with E-state index in [1.54, 1.807) is 22.5 Å². The van der Waals surface area contributed by atoms with Crippen molar-refractivity contribution >= 4 is 31.6 Å². The summed E-state index contributed by atoms with van der Waals surface area (Å²) in [4.78, 5) is 2.45. The second-order valence-electron chi connectivity index (χ2n) is 5.80. The highest BCUT2D eigenvalue weighted by Gasteiger charge is 2.30. The van der Waals surface area contributed by atoms with Gasteiger partial charge in [-0.1, -0.05) is 0 Å². The Bertz CT molecular complexity index is 596. The van der Waals surface area contributed by atoms with Gasteiger partial charge in [0, 0.05) is 29.8 Å². The minimum absolute atomic E-state index is 0.294. The minimum Gasteiger partial charge on any atom is -0.399 e. The largest absolute Gasteiger partial charge is 0.399 e. The topological polar surface area (TPSA) is 66.6 Å². The van der Waals surface area contributed by atoms with E-state index in [1.165, 1.54) is 0 Å². The number of anilines is 1. The summed E-state index contributed by atoms with van der Waals surface area (Å²) in [6, 6.07) is 4.82. The first kappa shape index (κ1) is 16.7. The maximum atomic E-state index is 12.7. The number of halogens is 1. The zero-order chi connectivity index (χ0) is 15.6. The molecule has 1 aromatic rings. The summed E-state index contributed by atoms with van der Waals surface area (Å²) < 4.78 is 27.5. The lowest BCUT2D eigenvalue weighted by Gasteiger charge is -2.32. The van der Waals surface area contributed by atoms with Crippen molar-refractivity contribution in [1.29, 1.82) is 0 Å². The molecule has 5 nitrogen and oxygen atoms in total. The predicted molar refractivity (Wildman–Crippen MR) is 88.6 cm³/mol. The van der Waals surface area contributed by atoms with Crippen LogP contribution in [-0.2, 0) is 10.0 Å². The first-order valence-electron chi connectivity index (χ1n) is 7.00. The van der Waals surface area contributed by atoms with Gasteiger partial charge in [-0.25, -0.2) is 8.42 Å². The van der Waals surface area contributed by atoms with E-state index in [2.05, 4.69) is 34.9 Å². The Hall–Kier alpha value is -0.630. The maximum Gasteiger partial charge on any atom is 0.244 e. The van der Waals surface area contributed by atoms with E-state index < -0.39 is 10.0 Å². The third kappa shape index (κ3) is 3.97. The van der Waals surface area contributed by atoms with Crippen LogP contribution in [0.5, 0.6) is 0 Å². The number of hydrogen-bond donors (Lipinski definition) is 1. The highest BCUT2D eigenvalue weighted by molar-refractivity contribution is 9.10. The van der Waals surface area contributed by atoms with Gasteiger partial charge >= 0.3 is 0 Å². The molecule has 1 aromatic carbocycles. The van der Waals surface area contributed by atoms with Crippen LogP contribution in [0.25, 0.3) is 0 Å². The zero-order valence-electron chi connectivity index (χ0n) is 12.4. The van der Waals surface area contributed by atoms with Crippen molar-refractivity contribution in [3.05, 3.63) is 22.7 Å². The smallest absolute Gasteiger partial charge is 0.244 e. The summed E-state index contributed by atoms with van der Waals surface area (Å²) in [6.07, 6.45) is 1.81. The van der Waals surface area contributed by atoms with Crippen LogP contribution in [0, 0.1) is 5.92 Å². The average molecular weight is 376 g/mol. The summed E-state index contributed by atoms with van der Waals surface area (Å²) in [5, 5.41) is 0. The van der Waals surface area contributed by atoms with Gasteiger partial charge in [0.15, 0.2) is 0 Å². The highest BCUT2D eigenvalue weighted by Crippen LogP contribution is 2.29. The molecular weight excluding hydrogens is 354 g/mol. The molecule has 1 fully saturated rings. The van der Waals surface area contributed by atoms with Gasteiger partial charge in [-0.3, -0.25) is 0 Å². The molecule has 0 aliphatic carbocycles. The first-order valence-corrected chi connectivity index (χ1v) is 9.24. The van der Waals surface area contributed by atoms with Crippen LogP contribution in [0.3, 0.4) is 0 Å². The summed E-state index contributed by atoms with van der Waals surface area (Å²) >= 11 is 3.30. The van der Waals surface area contributed by atoms with Gasteiger partial charge in [-0.15, -0.1) is 0 Å². The van der Waals surface area contributed by atoms with Gasteiger partial charge in [0.05, 0.1) is 4.90 Å². The van der Waals surface area contributed by atoms with Crippen LogP contribution in [-0.4, -0.2) is 51.4 Å². The van der Waals surface area contributed by atoms with Crippen molar-refractivity contribution in [3.8, 4) is 0 Å². The molecule has 2 N–H and O–H groups in total. The number of rotatable bonds is 4. The van der Waals surface area contributed by atoms with Crippen molar-refractivity contribution in [1.82, 2.24) is 9.21 Å². The molecule has 1 aliphatic heterocycles. The summed E-state index contributed by atoms with van der Waals surface area (Å²) in [5.41, 5.74) is 6.22. The monoisotopic (exact) mass is 375 g/mol. The molecule has 1 heterocycles. The Labute approximate surface area is 135 Å². The number of nitrogens with zero attached hydrogens (tertiary/aromatic N) is 2. The van der Waals surface area contributed by atoms with E-state index in [4.69, 9.17) is 5.73 Å². The van der Waals surface area contributed by atoms with Crippen LogP contribution in [0.15, 0.2) is 27.6 Å². The Balaban J connectivity index is 2.11. The van der Waals surface area contributed by atoms with Gasteiger partial charge < -0.3 is 10.6 Å². The number of piperidine rings is 1. The molecule has 0 atom stereocenters. The SMILES string of the molecule is CN(C)CC1CCN(S(=O)(=O)c2ccc(N)cc2Br)CC1. The van der Waals surface area contributed by atoms with E-state index in [1.807, 2.05) is 0 Å². The molecule has 0 bridgehead atoms. The normalized spacial score (nSPS) is 18.3. The molecule has 0 spiro atoms. The van der Waals surface area contributed by atoms with Gasteiger partial charge in [-0.05, 0) is 67.0 Å². The van der Waals surface area contributed by atoms with E-state index in [9.17, 15) is 8.42 Å². The predicted octanol–water partition coefficient (Wildman–Crippen LogP) is 1.99. The quantitative estimate of drug-likeness (QED) is 0.817. The summed E-state index contributed by atoms with van der Waals surface area (Å²) in [7, 11) is 0.656. The second kappa shape index (κ2) is 6.64. The Kier molecular flexibility index (Phi) is 5.29. The molecule has 0 unspecified atom stereocenters. The van der Waals surface area contributed by atoms with Crippen LogP contribution in [0.4, 0.5) is 5.69 Å². The maximum absolute atomic E-state index is 12.7. The van der Waals surface area contributed by atoms with Gasteiger partial charge in [0.2, 0.25) is 10.0 Å². The molecule has 1 saturated heterocycles. The highest BCUT2D eigenvalue weighted by atomic mass is 79.9. The number of hydrogen-bond acceptors (Lipinski definition) is 4. The number of benzene rings is 1. The Morgan fingerprint density at radius 3 is 2.48 bits per heavy atom. The zero-order valence-corrected chi connectivity index (χ0v) is 14.8. The molecule has 118 valence electrons. The molecule has 0 aromatic heterocycles. The van der Waals surface area contributed by atoms with E-state index >= 15 is 0 Å². The van der Waals surface area contributed by atoms with Crippen molar-refractivity contribution in [2.24, 2.45) is 5.92 Å². The van der Waals surface area contributed by atoms with E-state index in [-0.39, 0.29) is 0 Å². The van der Waals surface area contributed by atoms with Gasteiger partial charge in [-0.2, -0.15) is 4.31 Å². The van der Waals surface area contributed by atoms with Gasteiger partial charge in [0.25, 0.3) is 0 Å². The lowest BCUT2D eigenvalue weighted by molar-refractivity contribution is 0.225. The second-order valence-corrected chi connectivity index (χ2v) is 8.56. The van der Waals surface area contributed by atoms with Gasteiger partial charge in [0.1, 0.15) is 0 Å². The molecule has 0 saturated carbocycles. The van der Waals surface area contributed by atoms with Crippen LogP contribution in [0.1, 0.15) is 12.8 Å². The molecular formula is C14H22BrN3O2S. The van der Waals surface area contributed by atoms with Crippen molar-refractivity contribution in [3.63, 3.8) is 0 Å². The van der Waals surface area contributed by atoms with Crippen LogP contribution in [0.2, 0.25) is 0 Å². The third-order valence-electron chi connectivity index (χ3n) is 3.77. The Morgan fingerprint density at radius 2 is 1.95 bits per heavy atom. The summed E-state index contributed by atoms with van der Waals surface area (Å²) in [6.45, 7) is 2.18. The summed E-state index contributed by atoms with van der Waals surface area (Å²) in [5.74, 6) is 0.571. The molecule has 7 heteroatoms. The fourth-order valence-electron chi connectivity index (χ4n) is 2.71. The number of nitrogen functional groups attached to an aromatic ring is 1. The van der Waals surface area contributed by atoms with Crippen LogP contribution < -0.4 is 5.73 Å². The number of sulfonamides is 1. The molecule has 1 aliphatic rings. The molecule has 0 radical (unpaired) electrons. The standard InChI is InChI=1S/C14H22BrN3O2S/c1-17(2)10-11-5-7-18(8-6-11)21(19,20)14-4-3-12(16)9-13(14)15/h3-4,9,11H,5-8,10,16H2,1-2H3. The van der Waals surface area contributed by atoms with E-state index in [0.29, 0.717) is 34.1 Å². The molecule has 0 amide bonds. The molecule has 2 rings (SSSR count). The minimum atomic E-state index is -3.44. The molecule has 21 heavy (non-hydrogen) atoms. The lowest BCUT2D eigenvalue weighted by Crippen LogP contribution is -2.40. The van der Waals surface area contributed by atoms with Crippen molar-refractivity contribution < 1.29 is 8.42 Å². The van der Waals surface area contributed by atoms with E-state index in [0.717, 1.165) is 19.4 Å². The lowest BCUT2D eigenvalue weighted by atomic mass is 9.98. The van der Waals surface area contributed by atoms with Crippen LogP contribution >= 0.6 is 15.9 Å². The van der Waals surface area contributed by atoms with Crippen molar-refractivity contribution in [2.45, 2.75) is 17.7 Å². The first-order chi connectivity index (χ1) is 9.80. The number of nitrogens with two attached hydrogens (primary N) is 1. The van der Waals surface area contributed by atoms with Crippen molar-refractivity contribution in [2.75, 3.05) is 39.5 Å². The Morgan fingerprint density at radius 1 is 1.33 bits per heavy atom. The fourth-order valence-corrected chi connectivity index (χ4v) is 5.24. The fraction of sp³-hybridized carbons (Fsp3) is 0.571. The third-order valence-corrected chi connectivity index (χ3v) is 6.65. The average Bonchev–Trinajstić information content (AvgIpc) is 2.38.